The number of quaternary nitrogens is 1. The van der Waals surface area contributed by atoms with Gasteiger partial charge in [-0.25, -0.2) is 4.79 Å². The van der Waals surface area contributed by atoms with Crippen LogP contribution in [0.2, 0.25) is 0 Å². The first-order chi connectivity index (χ1) is 11.6. The molecule has 3 N–H and O–H groups in total. The Labute approximate surface area is 147 Å². The summed E-state index contributed by atoms with van der Waals surface area (Å²) in [6.45, 7) is 8.58. The maximum absolute atomic E-state index is 12.1. The fourth-order valence-electron chi connectivity index (χ4n) is 2.86. The summed E-state index contributed by atoms with van der Waals surface area (Å²) in [7, 11) is 1.91. The fraction of sp³-hybridized carbons (Fsp3) is 0.474. The predicted molar refractivity (Wildman–Crippen MR) is 96.9 cm³/mol. The smallest absolute Gasteiger partial charge is 0.336 e. The number of nitrogens with one attached hydrogen (secondary N) is 2. The first-order valence-corrected chi connectivity index (χ1v) is 8.50. The van der Waals surface area contributed by atoms with Crippen LogP contribution < -0.4 is 15.8 Å². The minimum Gasteiger partial charge on any atom is -0.508 e. The number of hydrogen-bond donors (Lipinski definition) is 3. The van der Waals surface area contributed by atoms with Gasteiger partial charge in [-0.1, -0.05) is 6.92 Å². The summed E-state index contributed by atoms with van der Waals surface area (Å²) in [5, 5.41) is 13.7. The summed E-state index contributed by atoms with van der Waals surface area (Å²) in [5.41, 5.74) is 1.24. The third-order valence-electron chi connectivity index (χ3n) is 3.88. The number of carbonyl (C=O) groups is 1. The van der Waals surface area contributed by atoms with E-state index in [0.29, 0.717) is 25.1 Å². The van der Waals surface area contributed by atoms with E-state index >= 15 is 0 Å². The van der Waals surface area contributed by atoms with Crippen LogP contribution in [-0.4, -0.2) is 30.1 Å². The average Bonchev–Trinajstić information content (AvgIpc) is 2.43. The second-order valence-corrected chi connectivity index (χ2v) is 7.53. The van der Waals surface area contributed by atoms with Gasteiger partial charge in [-0.2, -0.15) is 0 Å². The van der Waals surface area contributed by atoms with Crippen LogP contribution in [0.25, 0.3) is 11.0 Å². The fourth-order valence-corrected chi connectivity index (χ4v) is 2.86. The number of hydrogen-bond acceptors (Lipinski definition) is 4. The Hall–Kier alpha value is -2.34. The number of fused-ring (bicyclic) bond motifs is 1. The second-order valence-electron chi connectivity index (χ2n) is 7.53. The summed E-state index contributed by atoms with van der Waals surface area (Å²) < 4.78 is 5.21. The second kappa shape index (κ2) is 7.27. The molecule has 0 saturated carbocycles. The van der Waals surface area contributed by atoms with Gasteiger partial charge in [-0.3, -0.25) is 4.79 Å². The molecule has 1 aromatic carbocycles. The van der Waals surface area contributed by atoms with Crippen molar-refractivity contribution < 1.29 is 19.2 Å². The Morgan fingerprint density at radius 2 is 1.92 bits per heavy atom. The Balaban J connectivity index is 2.28. The minimum atomic E-state index is -0.460. The molecule has 6 heteroatoms. The first-order valence-electron chi connectivity index (χ1n) is 8.50. The largest absolute Gasteiger partial charge is 0.508 e. The lowest BCUT2D eigenvalue weighted by Crippen LogP contribution is -3.09. The molecule has 136 valence electrons. The van der Waals surface area contributed by atoms with Gasteiger partial charge in [0.25, 0.3) is 5.91 Å². The lowest BCUT2D eigenvalue weighted by Gasteiger charge is -2.22. The van der Waals surface area contributed by atoms with Crippen molar-refractivity contribution in [3.8, 4) is 5.75 Å². The number of aromatic hydroxyl groups is 1. The topological polar surface area (TPSA) is 84.0 Å². The van der Waals surface area contributed by atoms with E-state index in [1.807, 2.05) is 40.8 Å². The zero-order valence-electron chi connectivity index (χ0n) is 15.5. The number of phenols is 1. The van der Waals surface area contributed by atoms with Crippen LogP contribution in [-0.2, 0) is 17.8 Å². The van der Waals surface area contributed by atoms with Crippen molar-refractivity contribution in [2.45, 2.75) is 46.2 Å². The van der Waals surface area contributed by atoms with Crippen molar-refractivity contribution in [1.82, 2.24) is 5.32 Å². The summed E-state index contributed by atoms with van der Waals surface area (Å²) in [4.78, 5) is 24.9. The molecule has 1 heterocycles. The number of phenolic OH excluding ortho intramolecular Hbond substituents is 1. The van der Waals surface area contributed by atoms with Crippen LogP contribution in [0.5, 0.6) is 5.75 Å². The molecular weight excluding hydrogens is 320 g/mol. The molecule has 25 heavy (non-hydrogen) atoms. The molecule has 0 bridgehead atoms. The molecule has 0 radical (unpaired) electrons. The van der Waals surface area contributed by atoms with Crippen LogP contribution in [0, 0.1) is 0 Å². The summed E-state index contributed by atoms with van der Waals surface area (Å²) >= 11 is 0. The highest BCUT2D eigenvalue weighted by atomic mass is 16.4. The standard InChI is InChI=1S/C19H26N2O4/c1-6-12-7-14-13(8-18(24)25-16(14)9-15(12)22)10-21(5)11-17(23)20-19(2,3)4/h7-9,22H,6,10-11H2,1-5H3,(H,20,23)/p+1. The number of carbonyl (C=O) groups excluding carboxylic acids is 1. The van der Waals surface area contributed by atoms with E-state index in [1.54, 1.807) is 0 Å². The Morgan fingerprint density at radius 1 is 1.24 bits per heavy atom. The zero-order chi connectivity index (χ0) is 18.8. The molecule has 1 unspecified atom stereocenters. The molecule has 0 spiro atoms. The third kappa shape index (κ3) is 5.06. The highest BCUT2D eigenvalue weighted by Crippen LogP contribution is 2.26. The van der Waals surface area contributed by atoms with Gasteiger partial charge in [-0.15, -0.1) is 0 Å². The van der Waals surface area contributed by atoms with Gasteiger partial charge < -0.3 is 19.7 Å². The number of rotatable bonds is 5. The lowest BCUT2D eigenvalue weighted by atomic mass is 10.0. The van der Waals surface area contributed by atoms with Gasteiger partial charge in [-0.05, 0) is 38.8 Å². The molecule has 2 rings (SSSR count). The zero-order valence-corrected chi connectivity index (χ0v) is 15.5. The van der Waals surface area contributed by atoms with E-state index in [9.17, 15) is 14.7 Å². The summed E-state index contributed by atoms with van der Waals surface area (Å²) in [5.74, 6) is 0.0877. The van der Waals surface area contributed by atoms with Gasteiger partial charge in [0.05, 0.1) is 7.05 Å². The van der Waals surface area contributed by atoms with Gasteiger partial charge in [0.2, 0.25) is 0 Å². The van der Waals surface area contributed by atoms with E-state index in [2.05, 4.69) is 5.32 Å². The van der Waals surface area contributed by atoms with Crippen LogP contribution in [0.15, 0.2) is 27.4 Å². The molecule has 0 saturated heterocycles. The van der Waals surface area contributed by atoms with Crippen molar-refractivity contribution in [3.63, 3.8) is 0 Å². The van der Waals surface area contributed by atoms with Gasteiger partial charge in [0.15, 0.2) is 6.54 Å². The van der Waals surface area contributed by atoms with Crippen LogP contribution in [0.3, 0.4) is 0 Å². The number of aryl methyl sites for hydroxylation is 1. The molecule has 0 fully saturated rings. The molecular formula is C19H27N2O4+. The van der Waals surface area contributed by atoms with Gasteiger partial charge >= 0.3 is 5.63 Å². The number of amides is 1. The molecule has 6 nitrogen and oxygen atoms in total. The molecule has 0 aliphatic carbocycles. The van der Waals surface area contributed by atoms with Crippen molar-refractivity contribution in [3.05, 3.63) is 39.7 Å². The van der Waals surface area contributed by atoms with E-state index in [1.165, 1.54) is 12.1 Å². The van der Waals surface area contributed by atoms with Crippen LogP contribution in [0.1, 0.15) is 38.8 Å². The van der Waals surface area contributed by atoms with Crippen molar-refractivity contribution in [2.24, 2.45) is 0 Å². The maximum atomic E-state index is 12.1. The van der Waals surface area contributed by atoms with Crippen molar-refractivity contribution in [1.29, 1.82) is 0 Å². The normalized spacial score (nSPS) is 13.0. The lowest BCUT2D eigenvalue weighted by molar-refractivity contribution is -0.885. The number of likely N-dealkylation sites (N-methyl/N-ethyl adjacent to an activating group) is 1. The monoisotopic (exact) mass is 347 g/mol. The molecule has 1 aromatic heterocycles. The van der Waals surface area contributed by atoms with E-state index < -0.39 is 5.63 Å². The van der Waals surface area contributed by atoms with Gasteiger partial charge in [0.1, 0.15) is 17.9 Å². The van der Waals surface area contributed by atoms with E-state index in [0.717, 1.165) is 21.4 Å². The molecule has 0 aliphatic rings. The van der Waals surface area contributed by atoms with Crippen LogP contribution >= 0.6 is 0 Å². The quantitative estimate of drug-likeness (QED) is 0.705. The van der Waals surface area contributed by atoms with Crippen molar-refractivity contribution in [2.75, 3.05) is 13.6 Å². The first kappa shape index (κ1) is 19.0. The van der Waals surface area contributed by atoms with Crippen molar-refractivity contribution >= 4 is 16.9 Å². The minimum absolute atomic E-state index is 0.0378. The summed E-state index contributed by atoms with van der Waals surface area (Å²) in [6, 6.07) is 4.80. The molecule has 2 aromatic rings. The summed E-state index contributed by atoms with van der Waals surface area (Å²) in [6.07, 6.45) is 0.678. The average molecular weight is 347 g/mol. The maximum Gasteiger partial charge on any atom is 0.336 e. The highest BCUT2D eigenvalue weighted by Gasteiger charge is 2.19. The molecule has 1 atom stereocenters. The highest BCUT2D eigenvalue weighted by molar-refractivity contribution is 5.82. The third-order valence-corrected chi connectivity index (χ3v) is 3.88. The van der Waals surface area contributed by atoms with Gasteiger partial charge in [0, 0.05) is 28.6 Å². The molecule has 1 amide bonds. The molecule has 0 aliphatic heterocycles. The van der Waals surface area contributed by atoms with E-state index in [4.69, 9.17) is 4.42 Å². The van der Waals surface area contributed by atoms with Crippen LogP contribution in [0.4, 0.5) is 0 Å². The number of benzene rings is 1. The Kier molecular flexibility index (Phi) is 5.52. The Bertz CT molecular complexity index is 834. The SMILES string of the molecule is CCc1cc2c(C[NH+](C)CC(=O)NC(C)(C)C)cc(=O)oc2cc1O. The van der Waals surface area contributed by atoms with E-state index in [-0.39, 0.29) is 17.2 Å². The predicted octanol–water partition coefficient (Wildman–Crippen LogP) is 0.990. The Morgan fingerprint density at radius 3 is 2.52 bits per heavy atom.